The van der Waals surface area contributed by atoms with Crippen LogP contribution in [0.5, 0.6) is 0 Å². The molecule has 4 N–H and O–H groups in total. The van der Waals surface area contributed by atoms with Crippen molar-refractivity contribution in [2.75, 3.05) is 30.6 Å². The molecule has 206 valence electrons. The third-order valence-electron chi connectivity index (χ3n) is 6.50. The molecule has 39 heavy (non-hydrogen) atoms. The summed E-state index contributed by atoms with van der Waals surface area (Å²) in [5, 5.41) is 10.4. The van der Waals surface area contributed by atoms with E-state index in [4.69, 9.17) is 17.1 Å². The lowest BCUT2D eigenvalue weighted by Crippen LogP contribution is -2.26. The number of nitrogens with two attached hydrogens (primary N) is 1. The molecule has 0 radical (unpaired) electrons. The molecule has 0 saturated heterocycles. The van der Waals surface area contributed by atoms with Crippen LogP contribution in [0.1, 0.15) is 45.7 Å². The van der Waals surface area contributed by atoms with Gasteiger partial charge in [0.05, 0.1) is 0 Å². The Morgan fingerprint density at radius 1 is 1.31 bits per heavy atom. The molecule has 0 aliphatic heterocycles. The van der Waals surface area contributed by atoms with Crippen molar-refractivity contribution in [2.45, 2.75) is 44.9 Å². The first-order valence-electron chi connectivity index (χ1n) is 12.6. The normalized spacial score (nSPS) is 15.7. The van der Waals surface area contributed by atoms with E-state index < -0.39 is 11.6 Å². The Hall–Kier alpha value is -3.84. The maximum absolute atomic E-state index is 15.0. The first-order chi connectivity index (χ1) is 18.7. The lowest BCUT2D eigenvalue weighted by molar-refractivity contribution is 0.579. The van der Waals surface area contributed by atoms with Crippen LogP contribution in [-0.2, 0) is 0 Å². The monoisotopic (exact) mass is 551 g/mol. The lowest BCUT2D eigenvalue weighted by atomic mass is 9.89. The summed E-state index contributed by atoms with van der Waals surface area (Å²) < 4.78 is 30.0. The fraction of sp³-hybridized carbons (Fsp3) is 0.345. The Kier molecular flexibility index (Phi) is 10.1. The second kappa shape index (κ2) is 13.3. The molecule has 0 unspecified atom stereocenters. The molecule has 1 aliphatic rings. The molecule has 1 saturated carbocycles. The maximum atomic E-state index is 15.0. The number of nitrogens with one attached hydrogen (secondary N) is 2. The summed E-state index contributed by atoms with van der Waals surface area (Å²) >= 11 is 1.27. The van der Waals surface area contributed by atoms with Crippen LogP contribution in [0.25, 0.3) is 0 Å². The smallest absolute Gasteiger partial charge is 0.154 e. The van der Waals surface area contributed by atoms with Gasteiger partial charge in [-0.2, -0.15) is 5.10 Å². The zero-order valence-corrected chi connectivity index (χ0v) is 24.0. The summed E-state index contributed by atoms with van der Waals surface area (Å²) in [5.41, 5.74) is 10.1. The number of halogens is 2. The Labute approximate surface area is 233 Å². The number of aliphatic imine (C=N–C) groups is 2. The van der Waals surface area contributed by atoms with Gasteiger partial charge in [-0.3, -0.25) is 10.1 Å². The van der Waals surface area contributed by atoms with Crippen molar-refractivity contribution in [3.05, 3.63) is 69.8 Å². The summed E-state index contributed by atoms with van der Waals surface area (Å²) in [6.45, 7) is 5.82. The van der Waals surface area contributed by atoms with Crippen LogP contribution in [0.2, 0.25) is 0 Å². The zero-order valence-electron chi connectivity index (χ0n) is 23.2. The van der Waals surface area contributed by atoms with Crippen molar-refractivity contribution in [1.82, 2.24) is 10.2 Å². The van der Waals surface area contributed by atoms with Gasteiger partial charge in [-0.05, 0) is 63.0 Å². The number of aromatic nitrogens is 2. The van der Waals surface area contributed by atoms with Crippen LogP contribution >= 0.6 is 11.8 Å². The minimum absolute atomic E-state index is 0.183. The molecule has 2 aromatic rings. The van der Waals surface area contributed by atoms with Crippen LogP contribution in [0.3, 0.4) is 0 Å². The van der Waals surface area contributed by atoms with Crippen LogP contribution in [-0.4, -0.2) is 42.6 Å². The van der Waals surface area contributed by atoms with Gasteiger partial charge in [0.1, 0.15) is 23.0 Å². The van der Waals surface area contributed by atoms with Crippen molar-refractivity contribution in [3.63, 3.8) is 0 Å². The van der Waals surface area contributed by atoms with E-state index in [9.17, 15) is 8.78 Å². The van der Waals surface area contributed by atoms with Gasteiger partial charge in [0.2, 0.25) is 0 Å². The number of H-pyrrole nitrogens is 1. The first-order valence-corrected chi connectivity index (χ1v) is 13.8. The number of hydrogen-bond acceptors (Lipinski definition) is 6. The minimum Gasteiger partial charge on any atom is -0.404 e. The Balaban J connectivity index is 2.26. The third-order valence-corrected chi connectivity index (χ3v) is 7.21. The van der Waals surface area contributed by atoms with Crippen LogP contribution < -0.4 is 16.0 Å². The highest BCUT2D eigenvalue weighted by Gasteiger charge is 2.33. The molecule has 1 heterocycles. The minimum atomic E-state index is -0.668. The Morgan fingerprint density at radius 2 is 1.97 bits per heavy atom. The SMILES string of the molecule is C#Cc1cc(NC(/N=C(\C)N(C)c2c(F)cc(SC)cc2F)=C(C(/C(C=NC)=C/N)=C(\C)CC)\C2CC2)n[nH]1. The number of terminal acetylenes is 1. The van der Waals surface area contributed by atoms with Crippen LogP contribution in [0, 0.1) is 29.9 Å². The van der Waals surface area contributed by atoms with Gasteiger partial charge in [-0.15, -0.1) is 18.2 Å². The van der Waals surface area contributed by atoms with Gasteiger partial charge in [-0.25, -0.2) is 13.8 Å². The fourth-order valence-corrected chi connectivity index (χ4v) is 4.58. The van der Waals surface area contributed by atoms with Crippen molar-refractivity contribution in [3.8, 4) is 12.3 Å². The number of allylic oxidation sites excluding steroid dienone is 4. The van der Waals surface area contributed by atoms with Gasteiger partial charge >= 0.3 is 0 Å². The molecule has 0 atom stereocenters. The maximum Gasteiger partial charge on any atom is 0.154 e. The second-order valence-electron chi connectivity index (χ2n) is 9.15. The largest absolute Gasteiger partial charge is 0.404 e. The van der Waals surface area contributed by atoms with E-state index >= 15 is 0 Å². The van der Waals surface area contributed by atoms with Gasteiger partial charge < -0.3 is 16.0 Å². The molecule has 10 heteroatoms. The van der Waals surface area contributed by atoms with E-state index in [1.807, 2.05) is 6.92 Å². The highest BCUT2D eigenvalue weighted by atomic mass is 32.2. The molecule has 7 nitrogen and oxygen atoms in total. The lowest BCUT2D eigenvalue weighted by Gasteiger charge is -2.23. The van der Waals surface area contributed by atoms with Crippen LogP contribution in [0.4, 0.5) is 20.3 Å². The molecular weight excluding hydrogens is 516 g/mol. The van der Waals surface area contributed by atoms with Gasteiger partial charge in [0, 0.05) is 48.6 Å². The molecule has 3 rings (SSSR count). The van der Waals surface area contributed by atoms with Crippen molar-refractivity contribution < 1.29 is 8.78 Å². The molecule has 1 aromatic heterocycles. The molecule has 0 amide bonds. The van der Waals surface area contributed by atoms with E-state index in [1.165, 1.54) is 35.0 Å². The molecule has 0 bridgehead atoms. The number of rotatable bonds is 10. The number of nitrogens with zero attached hydrogens (tertiary/aromatic N) is 4. The predicted octanol–water partition coefficient (Wildman–Crippen LogP) is 6.25. The third kappa shape index (κ3) is 6.98. The van der Waals surface area contributed by atoms with Crippen LogP contribution in [0.15, 0.2) is 67.4 Å². The average Bonchev–Trinajstić information content (AvgIpc) is 3.66. The van der Waals surface area contributed by atoms with E-state index in [0.717, 1.165) is 41.6 Å². The van der Waals surface area contributed by atoms with Crippen molar-refractivity contribution in [2.24, 2.45) is 21.6 Å². The Morgan fingerprint density at radius 3 is 2.46 bits per heavy atom. The van der Waals surface area contributed by atoms with E-state index in [-0.39, 0.29) is 11.6 Å². The number of hydrogen-bond donors (Lipinski definition) is 3. The summed E-state index contributed by atoms with van der Waals surface area (Å²) in [7, 11) is 3.28. The number of amidine groups is 1. The highest BCUT2D eigenvalue weighted by molar-refractivity contribution is 7.98. The molecule has 1 aliphatic carbocycles. The number of anilines is 2. The van der Waals surface area contributed by atoms with Gasteiger partial charge in [0.25, 0.3) is 0 Å². The molecule has 1 fully saturated rings. The second-order valence-corrected chi connectivity index (χ2v) is 10.0. The predicted molar refractivity (Wildman–Crippen MR) is 159 cm³/mol. The van der Waals surface area contributed by atoms with Gasteiger partial charge in [-0.1, -0.05) is 18.4 Å². The van der Waals surface area contributed by atoms with E-state index in [1.54, 1.807) is 39.6 Å². The molecular formula is C29H35F2N7S. The van der Waals surface area contributed by atoms with Crippen molar-refractivity contribution >= 4 is 35.3 Å². The zero-order chi connectivity index (χ0) is 28.7. The summed E-state index contributed by atoms with van der Waals surface area (Å²) in [4.78, 5) is 11.0. The van der Waals surface area contributed by atoms with E-state index in [2.05, 4.69) is 33.4 Å². The quantitative estimate of drug-likeness (QED) is 0.107. The molecule has 0 spiro atoms. The summed E-state index contributed by atoms with van der Waals surface area (Å²) in [5.74, 6) is 2.72. The highest BCUT2D eigenvalue weighted by Crippen LogP contribution is 2.45. The molecule has 1 aromatic carbocycles. The Bertz CT molecular complexity index is 1380. The fourth-order valence-electron chi connectivity index (χ4n) is 4.14. The van der Waals surface area contributed by atoms with Gasteiger partial charge in [0.15, 0.2) is 17.5 Å². The van der Waals surface area contributed by atoms with E-state index in [0.29, 0.717) is 28.1 Å². The summed E-state index contributed by atoms with van der Waals surface area (Å²) in [6, 6.07) is 4.33. The number of benzene rings is 1. The standard InChI is InChI=1S/C29H35F2N7S/c1-8-17(3)26(20(15-32)16-33-5)27(19-10-11-19)29(35-25-12-21(9-2)36-37-25)34-18(4)38(6)28-23(30)13-22(39-7)14-24(28)31/h2,12-16,19H,8,10-11,32H2,1,3-7H3,(H2,35,36,37)/b20-15+,26-17+,29-27+,33-16?,34-18+. The van der Waals surface area contributed by atoms with Crippen molar-refractivity contribution in [1.29, 1.82) is 0 Å². The topological polar surface area (TPSA) is 94.7 Å². The number of thioether (sulfide) groups is 1. The number of aromatic amines is 1. The first kappa shape index (κ1) is 29.7. The summed E-state index contributed by atoms with van der Waals surface area (Å²) in [6.07, 6.45) is 13.3. The average molecular weight is 552 g/mol.